The second-order valence-electron chi connectivity index (χ2n) is 5.04. The zero-order valence-electron chi connectivity index (χ0n) is 11.1. The van der Waals surface area contributed by atoms with Crippen LogP contribution >= 0.6 is 27.3 Å². The van der Waals surface area contributed by atoms with Gasteiger partial charge in [-0.15, -0.1) is 11.3 Å². The molecule has 2 heterocycles. The van der Waals surface area contributed by atoms with Crippen LogP contribution in [0.1, 0.15) is 24.6 Å². The van der Waals surface area contributed by atoms with E-state index in [1.54, 1.807) is 11.3 Å². The summed E-state index contributed by atoms with van der Waals surface area (Å²) in [6.07, 6.45) is 1.37. The SMILES string of the molecule is CC1CCN(C(=O)NCc2ccc(Br)s2)C(C(=O)O)C1. The zero-order chi connectivity index (χ0) is 14.7. The highest BCUT2D eigenvalue weighted by Gasteiger charge is 2.34. The van der Waals surface area contributed by atoms with Gasteiger partial charge in [-0.2, -0.15) is 0 Å². The molecule has 0 spiro atoms. The van der Waals surface area contributed by atoms with Gasteiger partial charge in [-0.3, -0.25) is 0 Å². The van der Waals surface area contributed by atoms with E-state index in [1.807, 2.05) is 19.1 Å². The number of halogens is 1. The number of nitrogens with one attached hydrogen (secondary N) is 1. The molecule has 1 aromatic rings. The predicted molar refractivity (Wildman–Crippen MR) is 80.8 cm³/mol. The van der Waals surface area contributed by atoms with Crippen molar-refractivity contribution in [3.63, 3.8) is 0 Å². The summed E-state index contributed by atoms with van der Waals surface area (Å²) in [5, 5.41) is 12.0. The number of carboxylic acid groups (broad SMARTS) is 1. The first-order valence-electron chi connectivity index (χ1n) is 6.49. The minimum atomic E-state index is -0.925. The molecule has 0 bridgehead atoms. The van der Waals surface area contributed by atoms with Crippen molar-refractivity contribution in [2.75, 3.05) is 6.54 Å². The highest BCUT2D eigenvalue weighted by Crippen LogP contribution is 2.24. The average Bonchev–Trinajstić information content (AvgIpc) is 2.81. The van der Waals surface area contributed by atoms with E-state index in [0.717, 1.165) is 15.1 Å². The lowest BCUT2D eigenvalue weighted by atomic mass is 9.93. The molecule has 1 fully saturated rings. The molecule has 2 amide bonds. The number of aliphatic carboxylic acids is 1. The van der Waals surface area contributed by atoms with Gasteiger partial charge in [0.15, 0.2) is 0 Å². The summed E-state index contributed by atoms with van der Waals surface area (Å²) in [7, 11) is 0. The highest BCUT2D eigenvalue weighted by molar-refractivity contribution is 9.11. The summed E-state index contributed by atoms with van der Waals surface area (Å²) in [5.41, 5.74) is 0. The minimum absolute atomic E-state index is 0.297. The van der Waals surface area contributed by atoms with Crippen molar-refractivity contribution >= 4 is 39.3 Å². The molecule has 20 heavy (non-hydrogen) atoms. The van der Waals surface area contributed by atoms with Crippen molar-refractivity contribution in [3.8, 4) is 0 Å². The second-order valence-corrected chi connectivity index (χ2v) is 7.59. The van der Waals surface area contributed by atoms with Crippen molar-refractivity contribution in [2.24, 2.45) is 5.92 Å². The molecule has 0 aromatic carbocycles. The smallest absolute Gasteiger partial charge is 0.326 e. The van der Waals surface area contributed by atoms with E-state index in [1.165, 1.54) is 4.90 Å². The number of likely N-dealkylation sites (tertiary alicyclic amines) is 1. The van der Waals surface area contributed by atoms with E-state index < -0.39 is 12.0 Å². The van der Waals surface area contributed by atoms with Crippen LogP contribution in [0.15, 0.2) is 15.9 Å². The van der Waals surface area contributed by atoms with Crippen LogP contribution in [0.2, 0.25) is 0 Å². The third-order valence-corrected chi connectivity index (χ3v) is 5.08. The number of piperidine rings is 1. The second kappa shape index (κ2) is 6.58. The Bertz CT molecular complexity index is 506. The number of nitrogens with zero attached hydrogens (tertiary/aromatic N) is 1. The number of thiophene rings is 1. The van der Waals surface area contributed by atoms with Crippen LogP contribution in [0.4, 0.5) is 4.79 Å². The largest absolute Gasteiger partial charge is 0.480 e. The zero-order valence-corrected chi connectivity index (χ0v) is 13.5. The standard InChI is InChI=1S/C13H17BrN2O3S/c1-8-4-5-16(10(6-8)12(17)18)13(19)15-7-9-2-3-11(14)20-9/h2-3,8,10H,4-7H2,1H3,(H,15,19)(H,17,18). The number of hydrogen-bond acceptors (Lipinski definition) is 3. The number of carbonyl (C=O) groups excluding carboxylic acids is 1. The van der Waals surface area contributed by atoms with Gasteiger partial charge < -0.3 is 15.3 Å². The molecule has 2 N–H and O–H groups in total. The van der Waals surface area contributed by atoms with Crippen LogP contribution in [0.25, 0.3) is 0 Å². The molecule has 7 heteroatoms. The first-order chi connectivity index (χ1) is 9.47. The fraction of sp³-hybridized carbons (Fsp3) is 0.538. The van der Waals surface area contributed by atoms with Gasteiger partial charge in [0.2, 0.25) is 0 Å². The van der Waals surface area contributed by atoms with Gasteiger partial charge in [-0.25, -0.2) is 9.59 Å². The lowest BCUT2D eigenvalue weighted by Gasteiger charge is -2.35. The number of carbonyl (C=O) groups is 2. The number of carboxylic acids is 1. The minimum Gasteiger partial charge on any atom is -0.480 e. The summed E-state index contributed by atoms with van der Waals surface area (Å²) in [5.74, 6) is -0.584. The van der Waals surface area contributed by atoms with E-state index in [2.05, 4.69) is 21.2 Å². The molecular formula is C13H17BrN2O3S. The fourth-order valence-corrected chi connectivity index (χ4v) is 3.75. The van der Waals surface area contributed by atoms with Crippen LogP contribution < -0.4 is 5.32 Å². The maximum Gasteiger partial charge on any atom is 0.326 e. The van der Waals surface area contributed by atoms with E-state index >= 15 is 0 Å². The summed E-state index contributed by atoms with van der Waals surface area (Å²) < 4.78 is 1.01. The monoisotopic (exact) mass is 360 g/mol. The van der Waals surface area contributed by atoms with Gasteiger partial charge in [0.05, 0.1) is 10.3 Å². The lowest BCUT2D eigenvalue weighted by Crippen LogP contribution is -2.53. The molecule has 110 valence electrons. The van der Waals surface area contributed by atoms with Gasteiger partial charge in [0, 0.05) is 11.4 Å². The topological polar surface area (TPSA) is 69.6 Å². The summed E-state index contributed by atoms with van der Waals surface area (Å²) in [6.45, 7) is 2.94. The molecule has 0 aliphatic carbocycles. The molecule has 0 saturated carbocycles. The Labute approximate surface area is 130 Å². The highest BCUT2D eigenvalue weighted by atomic mass is 79.9. The van der Waals surface area contributed by atoms with Crippen LogP contribution in [0, 0.1) is 5.92 Å². The summed E-state index contributed by atoms with van der Waals surface area (Å²) in [4.78, 5) is 25.9. The van der Waals surface area contributed by atoms with E-state index in [4.69, 9.17) is 0 Å². The molecule has 0 radical (unpaired) electrons. The molecule has 2 unspecified atom stereocenters. The average molecular weight is 361 g/mol. The summed E-state index contributed by atoms with van der Waals surface area (Å²) in [6, 6.07) is 2.85. The molecular weight excluding hydrogens is 344 g/mol. The van der Waals surface area contributed by atoms with Gasteiger partial charge in [0.1, 0.15) is 6.04 Å². The third-order valence-electron chi connectivity index (χ3n) is 3.45. The van der Waals surface area contributed by atoms with Gasteiger partial charge in [0.25, 0.3) is 0 Å². The first-order valence-corrected chi connectivity index (χ1v) is 8.10. The van der Waals surface area contributed by atoms with E-state index in [0.29, 0.717) is 25.4 Å². The molecule has 1 aromatic heterocycles. The van der Waals surface area contributed by atoms with Crippen LogP contribution in [-0.4, -0.2) is 34.6 Å². The molecule has 2 atom stereocenters. The maximum absolute atomic E-state index is 12.1. The van der Waals surface area contributed by atoms with Crippen molar-refractivity contribution < 1.29 is 14.7 Å². The molecule has 1 aliphatic rings. The Kier molecular flexibility index (Phi) is 5.04. The van der Waals surface area contributed by atoms with Crippen LogP contribution in [0.3, 0.4) is 0 Å². The lowest BCUT2D eigenvalue weighted by molar-refractivity contribution is -0.143. The fourth-order valence-electron chi connectivity index (χ4n) is 2.33. The third kappa shape index (κ3) is 3.73. The van der Waals surface area contributed by atoms with E-state index in [9.17, 15) is 14.7 Å². The van der Waals surface area contributed by atoms with Crippen LogP contribution in [0.5, 0.6) is 0 Å². The number of hydrogen-bond donors (Lipinski definition) is 2. The van der Waals surface area contributed by atoms with Crippen molar-refractivity contribution in [2.45, 2.75) is 32.4 Å². The van der Waals surface area contributed by atoms with Crippen LogP contribution in [-0.2, 0) is 11.3 Å². The molecule has 1 aliphatic heterocycles. The Morgan fingerprint density at radius 1 is 1.55 bits per heavy atom. The summed E-state index contributed by atoms with van der Waals surface area (Å²) >= 11 is 4.92. The van der Waals surface area contributed by atoms with Crippen molar-refractivity contribution in [3.05, 3.63) is 20.8 Å². The van der Waals surface area contributed by atoms with Gasteiger partial charge >= 0.3 is 12.0 Å². The Hall–Kier alpha value is -1.08. The number of urea groups is 1. The maximum atomic E-state index is 12.1. The normalized spacial score (nSPS) is 22.6. The molecule has 1 saturated heterocycles. The molecule has 2 rings (SSSR count). The van der Waals surface area contributed by atoms with Crippen molar-refractivity contribution in [1.29, 1.82) is 0 Å². The Balaban J connectivity index is 1.94. The number of rotatable bonds is 3. The van der Waals surface area contributed by atoms with E-state index in [-0.39, 0.29) is 6.03 Å². The number of amides is 2. The Morgan fingerprint density at radius 2 is 2.30 bits per heavy atom. The molecule has 5 nitrogen and oxygen atoms in total. The van der Waals surface area contributed by atoms with Crippen molar-refractivity contribution in [1.82, 2.24) is 10.2 Å². The predicted octanol–water partition coefficient (Wildman–Crippen LogP) is 2.91. The van der Waals surface area contributed by atoms with Gasteiger partial charge in [-0.05, 0) is 46.8 Å². The quantitative estimate of drug-likeness (QED) is 0.870. The van der Waals surface area contributed by atoms with Gasteiger partial charge in [-0.1, -0.05) is 6.92 Å². The first kappa shape index (κ1) is 15.3. The Morgan fingerprint density at radius 3 is 2.90 bits per heavy atom.